The van der Waals surface area contributed by atoms with Crippen molar-refractivity contribution in [2.45, 2.75) is 25.3 Å². The van der Waals surface area contributed by atoms with Gasteiger partial charge in [-0.1, -0.05) is 48.0 Å². The van der Waals surface area contributed by atoms with Crippen LogP contribution in [0.4, 0.5) is 0 Å². The lowest BCUT2D eigenvalue weighted by Crippen LogP contribution is -2.23. The minimum atomic E-state index is -3.73. The fraction of sp³-hybridized carbons (Fsp3) is 0.208. The van der Waals surface area contributed by atoms with Gasteiger partial charge in [0, 0.05) is 12.6 Å². The molecule has 0 aromatic heterocycles. The number of aryl methyl sites for hydroxylation is 1. The summed E-state index contributed by atoms with van der Waals surface area (Å²) in [5.41, 5.74) is 3.30. The summed E-state index contributed by atoms with van der Waals surface area (Å²) in [5, 5.41) is 4.28. The highest BCUT2D eigenvalue weighted by atomic mass is 32.2. The molecule has 0 saturated heterocycles. The third-order valence-corrected chi connectivity index (χ3v) is 6.42. The lowest BCUT2D eigenvalue weighted by Gasteiger charge is -2.16. The molecule has 162 valence electrons. The van der Waals surface area contributed by atoms with Gasteiger partial charge in [-0.2, -0.15) is 17.9 Å². The van der Waals surface area contributed by atoms with Gasteiger partial charge in [0.2, 0.25) is 0 Å². The molecule has 0 N–H and O–H groups in total. The molecule has 0 amide bonds. The Morgan fingerprint density at radius 1 is 0.968 bits per heavy atom. The second-order valence-corrected chi connectivity index (χ2v) is 9.03. The number of methoxy groups -OCH3 is 1. The van der Waals surface area contributed by atoms with Crippen molar-refractivity contribution in [2.24, 2.45) is 5.10 Å². The highest BCUT2D eigenvalue weighted by molar-refractivity contribution is 7.89. The predicted molar refractivity (Wildman–Crippen MR) is 122 cm³/mol. The van der Waals surface area contributed by atoms with Gasteiger partial charge in [0.25, 0.3) is 10.0 Å². The largest absolute Gasteiger partial charge is 0.493 e. The third kappa shape index (κ3) is 5.44. The van der Waals surface area contributed by atoms with Gasteiger partial charge in [-0.25, -0.2) is 0 Å². The van der Waals surface area contributed by atoms with Crippen LogP contribution in [-0.2, 0) is 16.6 Å². The van der Waals surface area contributed by atoms with E-state index in [-0.39, 0.29) is 4.90 Å². The van der Waals surface area contributed by atoms with Gasteiger partial charge in [0.1, 0.15) is 6.61 Å². The Morgan fingerprint density at radius 3 is 2.29 bits per heavy atom. The highest BCUT2D eigenvalue weighted by Gasteiger charge is 2.20. The Bertz CT molecular complexity index is 1160. The Hall–Kier alpha value is -3.32. The standard InChI is InChI=1S/C24H26N2O4S/c1-18-10-13-22(14-11-18)31(27,28)26(3)25-19(2)21-12-15-23(24(16-21)29-4)30-17-20-8-6-5-7-9-20/h5-16H,17H2,1-4H3. The van der Waals surface area contributed by atoms with Gasteiger partial charge in [-0.05, 0) is 49.7 Å². The summed E-state index contributed by atoms with van der Waals surface area (Å²) in [4.78, 5) is 0.194. The monoisotopic (exact) mass is 438 g/mol. The minimum absolute atomic E-state index is 0.194. The van der Waals surface area contributed by atoms with Crippen LogP contribution in [0.15, 0.2) is 82.8 Å². The molecule has 3 aromatic carbocycles. The molecule has 7 heteroatoms. The van der Waals surface area contributed by atoms with Crippen LogP contribution >= 0.6 is 0 Å². The number of hydrogen-bond donors (Lipinski definition) is 0. The number of hydrogen-bond acceptors (Lipinski definition) is 5. The Balaban J connectivity index is 1.79. The van der Waals surface area contributed by atoms with Crippen molar-refractivity contribution in [1.82, 2.24) is 4.41 Å². The van der Waals surface area contributed by atoms with E-state index in [0.29, 0.717) is 23.8 Å². The van der Waals surface area contributed by atoms with Crippen molar-refractivity contribution in [1.29, 1.82) is 0 Å². The van der Waals surface area contributed by atoms with Gasteiger partial charge in [0.05, 0.1) is 17.7 Å². The van der Waals surface area contributed by atoms with Crippen LogP contribution in [0.1, 0.15) is 23.6 Å². The number of nitrogens with zero attached hydrogens (tertiary/aromatic N) is 2. The zero-order valence-electron chi connectivity index (χ0n) is 18.1. The maximum Gasteiger partial charge on any atom is 0.278 e. The summed E-state index contributed by atoms with van der Waals surface area (Å²) in [6, 6.07) is 21.9. The molecule has 0 saturated carbocycles. The average molecular weight is 439 g/mol. The van der Waals surface area contributed by atoms with E-state index in [1.165, 1.54) is 7.05 Å². The van der Waals surface area contributed by atoms with Crippen LogP contribution in [0, 0.1) is 6.92 Å². The molecule has 0 aliphatic carbocycles. The maximum atomic E-state index is 12.8. The van der Waals surface area contributed by atoms with Crippen molar-refractivity contribution >= 4 is 15.7 Å². The molecule has 0 unspecified atom stereocenters. The van der Waals surface area contributed by atoms with Gasteiger partial charge in [0.15, 0.2) is 11.5 Å². The minimum Gasteiger partial charge on any atom is -0.493 e. The number of sulfonamides is 1. The highest BCUT2D eigenvalue weighted by Crippen LogP contribution is 2.29. The fourth-order valence-electron chi connectivity index (χ4n) is 2.93. The molecule has 0 spiro atoms. The Morgan fingerprint density at radius 2 is 1.65 bits per heavy atom. The average Bonchev–Trinajstić information content (AvgIpc) is 2.78. The van der Waals surface area contributed by atoms with Crippen LogP contribution in [0.25, 0.3) is 0 Å². The quantitative estimate of drug-likeness (QED) is 0.380. The normalized spacial score (nSPS) is 11.8. The lowest BCUT2D eigenvalue weighted by molar-refractivity contribution is 0.284. The maximum absolute atomic E-state index is 12.8. The summed E-state index contributed by atoms with van der Waals surface area (Å²) < 4.78 is 37.9. The van der Waals surface area contributed by atoms with E-state index in [1.54, 1.807) is 50.4 Å². The SMILES string of the molecule is COc1cc(C(C)=NN(C)S(=O)(=O)c2ccc(C)cc2)ccc1OCc1ccccc1. The Labute approximate surface area is 183 Å². The second kappa shape index (κ2) is 9.66. The van der Waals surface area contributed by atoms with Crippen LogP contribution in [0.3, 0.4) is 0 Å². The van der Waals surface area contributed by atoms with E-state index < -0.39 is 10.0 Å². The van der Waals surface area contributed by atoms with E-state index in [1.807, 2.05) is 43.3 Å². The molecule has 0 radical (unpaired) electrons. The van der Waals surface area contributed by atoms with Crippen molar-refractivity contribution in [3.63, 3.8) is 0 Å². The van der Waals surface area contributed by atoms with Crippen molar-refractivity contribution in [3.05, 3.63) is 89.5 Å². The summed E-state index contributed by atoms with van der Waals surface area (Å²) in [6.07, 6.45) is 0. The van der Waals surface area contributed by atoms with E-state index in [4.69, 9.17) is 9.47 Å². The Kier molecular flexibility index (Phi) is 6.97. The van der Waals surface area contributed by atoms with Gasteiger partial charge in [-0.15, -0.1) is 0 Å². The van der Waals surface area contributed by atoms with E-state index in [0.717, 1.165) is 21.1 Å². The van der Waals surface area contributed by atoms with Crippen LogP contribution in [0.2, 0.25) is 0 Å². The topological polar surface area (TPSA) is 68.2 Å². The predicted octanol–water partition coefficient (Wildman–Crippen LogP) is 4.63. The van der Waals surface area contributed by atoms with Gasteiger partial charge in [-0.3, -0.25) is 0 Å². The fourth-order valence-corrected chi connectivity index (χ4v) is 3.95. The second-order valence-electron chi connectivity index (χ2n) is 7.08. The van der Waals surface area contributed by atoms with Crippen molar-refractivity contribution in [3.8, 4) is 11.5 Å². The first-order valence-electron chi connectivity index (χ1n) is 9.77. The molecular formula is C24H26N2O4S. The third-order valence-electron chi connectivity index (χ3n) is 4.78. The van der Waals surface area contributed by atoms with Crippen LogP contribution < -0.4 is 9.47 Å². The van der Waals surface area contributed by atoms with Crippen molar-refractivity contribution in [2.75, 3.05) is 14.2 Å². The molecule has 6 nitrogen and oxygen atoms in total. The molecule has 3 aromatic rings. The zero-order valence-corrected chi connectivity index (χ0v) is 18.9. The van der Waals surface area contributed by atoms with Crippen molar-refractivity contribution < 1.29 is 17.9 Å². The number of rotatable bonds is 8. The molecule has 0 aliphatic rings. The molecule has 0 heterocycles. The van der Waals surface area contributed by atoms with E-state index in [9.17, 15) is 8.42 Å². The van der Waals surface area contributed by atoms with E-state index in [2.05, 4.69) is 5.10 Å². The zero-order chi connectivity index (χ0) is 22.4. The number of ether oxygens (including phenoxy) is 2. The first kappa shape index (κ1) is 22.4. The van der Waals surface area contributed by atoms with Crippen LogP contribution in [-0.4, -0.2) is 32.7 Å². The molecule has 31 heavy (non-hydrogen) atoms. The first-order valence-corrected chi connectivity index (χ1v) is 11.2. The van der Waals surface area contributed by atoms with E-state index >= 15 is 0 Å². The number of benzene rings is 3. The van der Waals surface area contributed by atoms with Gasteiger partial charge < -0.3 is 9.47 Å². The smallest absolute Gasteiger partial charge is 0.278 e. The first-order chi connectivity index (χ1) is 14.8. The lowest BCUT2D eigenvalue weighted by atomic mass is 10.1. The summed E-state index contributed by atoms with van der Waals surface area (Å²) in [6.45, 7) is 4.07. The molecule has 0 atom stereocenters. The summed E-state index contributed by atoms with van der Waals surface area (Å²) in [7, 11) is -0.744. The molecule has 0 aliphatic heterocycles. The molecule has 0 bridgehead atoms. The summed E-state index contributed by atoms with van der Waals surface area (Å²) in [5.74, 6) is 1.15. The van der Waals surface area contributed by atoms with Gasteiger partial charge >= 0.3 is 0 Å². The van der Waals surface area contributed by atoms with Crippen LogP contribution in [0.5, 0.6) is 11.5 Å². The summed E-state index contributed by atoms with van der Waals surface area (Å²) >= 11 is 0. The molecule has 3 rings (SSSR count). The molecular weight excluding hydrogens is 412 g/mol. The molecule has 0 fully saturated rings. The number of hydrazone groups is 1.